The summed E-state index contributed by atoms with van der Waals surface area (Å²) in [5.74, 6) is 0.186. The van der Waals surface area contributed by atoms with E-state index < -0.39 is 5.41 Å². The van der Waals surface area contributed by atoms with Crippen molar-refractivity contribution in [3.8, 4) is 0 Å². The summed E-state index contributed by atoms with van der Waals surface area (Å²) in [7, 11) is 1.41. The van der Waals surface area contributed by atoms with Crippen molar-refractivity contribution in [1.29, 1.82) is 0 Å². The zero-order chi connectivity index (χ0) is 11.4. The number of carbonyl (C=O) groups excluding carboxylic acids is 2. The summed E-state index contributed by atoms with van der Waals surface area (Å²) < 4.78 is 4.89. The highest BCUT2D eigenvalue weighted by Gasteiger charge is 2.71. The summed E-state index contributed by atoms with van der Waals surface area (Å²) in [6.07, 6.45) is 1.45. The second kappa shape index (κ2) is 2.83. The summed E-state index contributed by atoms with van der Waals surface area (Å²) in [6.45, 7) is 6.04. The van der Waals surface area contributed by atoms with E-state index in [0.29, 0.717) is 12.3 Å². The fourth-order valence-electron chi connectivity index (χ4n) is 3.60. The molecule has 3 saturated carbocycles. The molecule has 0 heterocycles. The van der Waals surface area contributed by atoms with Crippen LogP contribution in [0.3, 0.4) is 0 Å². The second-order valence-corrected chi connectivity index (χ2v) is 5.48. The van der Waals surface area contributed by atoms with Crippen molar-refractivity contribution in [2.75, 3.05) is 7.11 Å². The van der Waals surface area contributed by atoms with Crippen molar-refractivity contribution in [3.05, 3.63) is 0 Å². The van der Waals surface area contributed by atoms with Gasteiger partial charge in [0.25, 0.3) is 0 Å². The van der Waals surface area contributed by atoms with Crippen LogP contribution in [0.4, 0.5) is 0 Å². The van der Waals surface area contributed by atoms with Crippen LogP contribution in [0.2, 0.25) is 0 Å². The van der Waals surface area contributed by atoms with Gasteiger partial charge >= 0.3 is 5.97 Å². The molecule has 3 aliphatic rings. The highest BCUT2D eigenvalue weighted by Crippen LogP contribution is 2.69. The van der Waals surface area contributed by atoms with Crippen LogP contribution >= 0.6 is 0 Å². The smallest absolute Gasteiger partial charge is 0.313 e. The molecule has 0 amide bonds. The summed E-state index contributed by atoms with van der Waals surface area (Å²) >= 11 is 0. The Morgan fingerprint density at radius 3 is 2.53 bits per heavy atom. The van der Waals surface area contributed by atoms with Gasteiger partial charge in [-0.1, -0.05) is 20.8 Å². The van der Waals surface area contributed by atoms with Gasteiger partial charge in [0.15, 0.2) is 0 Å². The number of methoxy groups -OCH3 is 1. The minimum atomic E-state index is -0.554. The zero-order valence-corrected chi connectivity index (χ0v) is 9.79. The highest BCUT2D eigenvalue weighted by molar-refractivity contribution is 5.93. The van der Waals surface area contributed by atoms with E-state index in [9.17, 15) is 9.59 Å². The first-order chi connectivity index (χ1) is 6.88. The Hall–Kier alpha value is -0.860. The van der Waals surface area contributed by atoms with E-state index >= 15 is 0 Å². The van der Waals surface area contributed by atoms with E-state index in [1.165, 1.54) is 7.11 Å². The number of ketones is 1. The van der Waals surface area contributed by atoms with E-state index in [1.54, 1.807) is 0 Å². The Labute approximate surface area is 90.2 Å². The Kier molecular flexibility index (Phi) is 2.01. The number of fused-ring (bicyclic) bond motifs is 2. The Morgan fingerprint density at radius 1 is 1.47 bits per heavy atom. The van der Waals surface area contributed by atoms with Gasteiger partial charge < -0.3 is 4.74 Å². The largest absolute Gasteiger partial charge is 0.469 e. The summed E-state index contributed by atoms with van der Waals surface area (Å²) in [5.41, 5.74) is -0.644. The van der Waals surface area contributed by atoms with Crippen molar-refractivity contribution in [2.24, 2.45) is 22.7 Å². The van der Waals surface area contributed by atoms with Crippen molar-refractivity contribution in [2.45, 2.75) is 33.6 Å². The lowest BCUT2D eigenvalue weighted by molar-refractivity contribution is -0.217. The fraction of sp³-hybridized carbons (Fsp3) is 0.833. The molecule has 0 aromatic heterocycles. The maximum Gasteiger partial charge on any atom is 0.313 e. The van der Waals surface area contributed by atoms with E-state index in [1.807, 2.05) is 6.92 Å². The minimum Gasteiger partial charge on any atom is -0.469 e. The maximum atomic E-state index is 11.9. The number of carbonyl (C=O) groups is 2. The van der Waals surface area contributed by atoms with Crippen molar-refractivity contribution in [3.63, 3.8) is 0 Å². The third-order valence-corrected chi connectivity index (χ3v) is 4.96. The van der Waals surface area contributed by atoms with E-state index in [-0.39, 0.29) is 23.1 Å². The van der Waals surface area contributed by atoms with Gasteiger partial charge in [-0.2, -0.15) is 0 Å². The lowest BCUT2D eigenvalue weighted by Crippen LogP contribution is -2.68. The van der Waals surface area contributed by atoms with Crippen LogP contribution in [0.15, 0.2) is 0 Å². The van der Waals surface area contributed by atoms with Crippen molar-refractivity contribution < 1.29 is 14.3 Å². The molecule has 0 aromatic carbocycles. The molecule has 3 unspecified atom stereocenters. The SMILES string of the molecule is COC(=O)C12CC(CC(=O)C1C)C2(C)C. The number of ether oxygens (including phenoxy) is 1. The number of hydrogen-bond donors (Lipinski definition) is 0. The molecule has 0 aliphatic heterocycles. The summed E-state index contributed by atoms with van der Waals surface area (Å²) in [6, 6.07) is 0. The van der Waals surface area contributed by atoms with Gasteiger partial charge in [-0.15, -0.1) is 0 Å². The van der Waals surface area contributed by atoms with Gasteiger partial charge in [0.2, 0.25) is 0 Å². The minimum absolute atomic E-state index is 0.0899. The molecule has 15 heavy (non-hydrogen) atoms. The van der Waals surface area contributed by atoms with Gasteiger partial charge in [0, 0.05) is 12.3 Å². The van der Waals surface area contributed by atoms with Gasteiger partial charge in [-0.3, -0.25) is 9.59 Å². The lowest BCUT2D eigenvalue weighted by Gasteiger charge is -2.65. The molecule has 3 aliphatic carbocycles. The van der Waals surface area contributed by atoms with Crippen molar-refractivity contribution in [1.82, 2.24) is 0 Å². The molecule has 84 valence electrons. The standard InChI is InChI=1S/C12H18O3/c1-7-9(13)5-8-6-12(7,10(14)15-4)11(8,2)3/h7-8H,5-6H2,1-4H3. The van der Waals surface area contributed by atoms with E-state index in [4.69, 9.17) is 4.74 Å². The second-order valence-electron chi connectivity index (χ2n) is 5.48. The molecule has 3 nitrogen and oxygen atoms in total. The normalized spacial score (nSPS) is 42.0. The zero-order valence-electron chi connectivity index (χ0n) is 9.79. The van der Waals surface area contributed by atoms with Crippen LogP contribution in [-0.2, 0) is 14.3 Å². The Balaban J connectivity index is 2.43. The monoisotopic (exact) mass is 210 g/mol. The van der Waals surface area contributed by atoms with E-state index in [0.717, 1.165) is 6.42 Å². The number of Topliss-reactive ketones (excluding diaryl/α,β-unsaturated/α-hetero) is 1. The van der Waals surface area contributed by atoms with Crippen LogP contribution < -0.4 is 0 Å². The fourth-order valence-corrected chi connectivity index (χ4v) is 3.60. The van der Waals surface area contributed by atoms with Crippen molar-refractivity contribution >= 4 is 11.8 Å². The number of hydrogen-bond acceptors (Lipinski definition) is 3. The Bertz CT molecular complexity index is 332. The molecule has 3 fully saturated rings. The number of esters is 1. The quantitative estimate of drug-likeness (QED) is 0.620. The number of rotatable bonds is 1. The molecule has 0 radical (unpaired) electrons. The van der Waals surface area contributed by atoms with E-state index in [2.05, 4.69) is 13.8 Å². The Morgan fingerprint density at radius 2 is 2.07 bits per heavy atom. The molecule has 3 rings (SSSR count). The first-order valence-corrected chi connectivity index (χ1v) is 5.49. The average Bonchev–Trinajstić information content (AvgIpc) is 2.20. The molecular weight excluding hydrogens is 192 g/mol. The summed E-state index contributed by atoms with van der Waals surface area (Å²) in [5, 5.41) is 0. The third kappa shape index (κ3) is 0.963. The molecule has 2 bridgehead atoms. The third-order valence-electron chi connectivity index (χ3n) is 4.96. The van der Waals surface area contributed by atoms with Gasteiger partial charge in [-0.05, 0) is 17.8 Å². The van der Waals surface area contributed by atoms with Gasteiger partial charge in [0.05, 0.1) is 12.5 Å². The molecule has 0 spiro atoms. The lowest BCUT2D eigenvalue weighted by atomic mass is 9.36. The van der Waals surface area contributed by atoms with Crippen LogP contribution in [0.5, 0.6) is 0 Å². The first-order valence-electron chi connectivity index (χ1n) is 5.49. The molecular formula is C12H18O3. The molecule has 0 aromatic rings. The average molecular weight is 210 g/mol. The first kappa shape index (κ1) is 10.7. The van der Waals surface area contributed by atoms with Crippen LogP contribution in [0.1, 0.15) is 33.6 Å². The predicted octanol–water partition coefficient (Wildman–Crippen LogP) is 1.80. The molecule has 0 N–H and O–H groups in total. The summed E-state index contributed by atoms with van der Waals surface area (Å²) in [4.78, 5) is 23.7. The highest BCUT2D eigenvalue weighted by atomic mass is 16.5. The topological polar surface area (TPSA) is 43.4 Å². The van der Waals surface area contributed by atoms with Gasteiger partial charge in [-0.25, -0.2) is 0 Å². The molecule has 0 saturated heterocycles. The van der Waals surface area contributed by atoms with Gasteiger partial charge in [0.1, 0.15) is 5.78 Å². The van der Waals surface area contributed by atoms with Crippen LogP contribution in [-0.4, -0.2) is 18.9 Å². The predicted molar refractivity (Wildman–Crippen MR) is 55.1 cm³/mol. The molecule has 3 atom stereocenters. The van der Waals surface area contributed by atoms with Crippen LogP contribution in [0, 0.1) is 22.7 Å². The maximum absolute atomic E-state index is 11.9. The van der Waals surface area contributed by atoms with Crippen LogP contribution in [0.25, 0.3) is 0 Å². The molecule has 3 heteroatoms.